The number of benzene rings is 1. The van der Waals surface area contributed by atoms with Crippen LogP contribution in [0.5, 0.6) is 11.5 Å². The fourth-order valence-electron chi connectivity index (χ4n) is 1.77. The number of imide groups is 1. The molecule has 1 aromatic carbocycles. The molecule has 3 amide bonds. The molecule has 0 heterocycles. The molecule has 0 saturated heterocycles. The zero-order valence-corrected chi connectivity index (χ0v) is 14.5. The summed E-state index contributed by atoms with van der Waals surface area (Å²) < 4.78 is 38.9. The summed E-state index contributed by atoms with van der Waals surface area (Å²) in [6.07, 6.45) is 0. The number of rotatable bonds is 8. The van der Waals surface area contributed by atoms with Gasteiger partial charge < -0.3 is 19.5 Å². The number of nitrogens with one attached hydrogen (secondary N) is 2. The molecule has 10 heteroatoms. The number of hydrogen-bond acceptors (Lipinski definition) is 6. The van der Waals surface area contributed by atoms with Crippen LogP contribution in [0.25, 0.3) is 0 Å². The van der Waals surface area contributed by atoms with E-state index >= 15 is 0 Å². The quantitative estimate of drug-likeness (QED) is 0.676. The maximum Gasteiger partial charge on any atom is 0.387 e. The molecule has 0 bridgehead atoms. The Labute approximate surface area is 148 Å². The second-order valence-electron chi connectivity index (χ2n) is 5.23. The number of carbonyl (C=O) groups is 3. The molecular formula is C16H20F2N2O6. The third-order valence-corrected chi connectivity index (χ3v) is 2.70. The van der Waals surface area contributed by atoms with Gasteiger partial charge in [0.25, 0.3) is 5.91 Å². The van der Waals surface area contributed by atoms with Gasteiger partial charge in [-0.3, -0.25) is 10.1 Å². The molecule has 0 spiro atoms. The summed E-state index contributed by atoms with van der Waals surface area (Å²) >= 11 is 0. The first kappa shape index (κ1) is 21.1. The van der Waals surface area contributed by atoms with Gasteiger partial charge >= 0.3 is 18.6 Å². The van der Waals surface area contributed by atoms with Crippen molar-refractivity contribution in [1.82, 2.24) is 10.6 Å². The lowest BCUT2D eigenvalue weighted by atomic mass is 10.2. The summed E-state index contributed by atoms with van der Waals surface area (Å²) in [5.74, 6) is -2.02. The van der Waals surface area contributed by atoms with Gasteiger partial charge in [0.1, 0.15) is 0 Å². The Morgan fingerprint density at radius 3 is 2.42 bits per heavy atom. The van der Waals surface area contributed by atoms with E-state index in [1.165, 1.54) is 6.07 Å². The fraction of sp³-hybridized carbons (Fsp3) is 0.438. The number of esters is 1. The number of hydrogen-bond donors (Lipinski definition) is 2. The normalized spacial score (nSPS) is 10.4. The van der Waals surface area contributed by atoms with Crippen LogP contribution >= 0.6 is 0 Å². The highest BCUT2D eigenvalue weighted by molar-refractivity contribution is 5.97. The molecule has 2 N–H and O–H groups in total. The van der Waals surface area contributed by atoms with Crippen LogP contribution in [-0.2, 0) is 9.53 Å². The molecule has 0 aliphatic heterocycles. The fourth-order valence-corrected chi connectivity index (χ4v) is 1.77. The molecule has 0 aliphatic carbocycles. The molecule has 8 nitrogen and oxygen atoms in total. The van der Waals surface area contributed by atoms with Crippen molar-refractivity contribution in [3.63, 3.8) is 0 Å². The molecule has 1 aromatic rings. The summed E-state index contributed by atoms with van der Waals surface area (Å²) in [6, 6.07) is 2.59. The SMILES string of the molecule is CCOc1cc(C(=O)OCC(=O)NC(=O)NC(C)C)ccc1OC(F)F. The van der Waals surface area contributed by atoms with Crippen molar-refractivity contribution in [1.29, 1.82) is 0 Å². The summed E-state index contributed by atoms with van der Waals surface area (Å²) in [5, 5.41) is 4.42. The van der Waals surface area contributed by atoms with Crippen LogP contribution in [0.15, 0.2) is 18.2 Å². The topological polar surface area (TPSA) is 103 Å². The molecule has 0 atom stereocenters. The van der Waals surface area contributed by atoms with E-state index in [1.807, 2.05) is 5.32 Å². The van der Waals surface area contributed by atoms with Crippen molar-refractivity contribution in [2.24, 2.45) is 0 Å². The summed E-state index contributed by atoms with van der Waals surface area (Å²) in [6.45, 7) is 1.47. The van der Waals surface area contributed by atoms with Crippen LogP contribution in [0.1, 0.15) is 31.1 Å². The Balaban J connectivity index is 2.67. The van der Waals surface area contributed by atoms with Gasteiger partial charge in [0.15, 0.2) is 18.1 Å². The molecule has 0 aliphatic rings. The van der Waals surface area contributed by atoms with Crippen LogP contribution in [0, 0.1) is 0 Å². The predicted octanol–water partition coefficient (Wildman–Crippen LogP) is 2.08. The van der Waals surface area contributed by atoms with Gasteiger partial charge in [0.2, 0.25) is 0 Å². The molecule has 1 rings (SSSR count). The maximum atomic E-state index is 12.3. The Kier molecular flexibility index (Phi) is 8.26. The van der Waals surface area contributed by atoms with E-state index in [2.05, 4.69) is 10.1 Å². The average molecular weight is 374 g/mol. The van der Waals surface area contributed by atoms with Gasteiger partial charge in [0, 0.05) is 6.04 Å². The third-order valence-electron chi connectivity index (χ3n) is 2.70. The highest BCUT2D eigenvalue weighted by Gasteiger charge is 2.17. The summed E-state index contributed by atoms with van der Waals surface area (Å²) in [4.78, 5) is 34.8. The van der Waals surface area contributed by atoms with Crippen LogP contribution in [-0.4, -0.2) is 43.8 Å². The van der Waals surface area contributed by atoms with E-state index in [-0.39, 0.29) is 29.7 Å². The first-order valence-electron chi connectivity index (χ1n) is 7.72. The van der Waals surface area contributed by atoms with E-state index in [4.69, 9.17) is 9.47 Å². The Hall–Kier alpha value is -2.91. The van der Waals surface area contributed by atoms with E-state index in [0.717, 1.165) is 12.1 Å². The number of ether oxygens (including phenoxy) is 3. The van der Waals surface area contributed by atoms with Gasteiger partial charge in [-0.05, 0) is 39.0 Å². The first-order valence-corrected chi connectivity index (χ1v) is 7.72. The maximum absolute atomic E-state index is 12.3. The average Bonchev–Trinajstić information content (AvgIpc) is 2.53. The van der Waals surface area contributed by atoms with Gasteiger partial charge in [-0.15, -0.1) is 0 Å². The third kappa shape index (κ3) is 7.32. The molecule has 0 fully saturated rings. The van der Waals surface area contributed by atoms with Crippen LogP contribution in [0.2, 0.25) is 0 Å². The number of amides is 3. The van der Waals surface area contributed by atoms with Crippen LogP contribution in [0.4, 0.5) is 13.6 Å². The minimum absolute atomic E-state index is 0.0329. The number of alkyl halides is 2. The Morgan fingerprint density at radius 2 is 1.85 bits per heavy atom. The molecule has 26 heavy (non-hydrogen) atoms. The summed E-state index contributed by atoms with van der Waals surface area (Å²) in [5.41, 5.74) is -0.0329. The molecule has 0 saturated carbocycles. The summed E-state index contributed by atoms with van der Waals surface area (Å²) in [7, 11) is 0. The van der Waals surface area contributed by atoms with Gasteiger partial charge in [0.05, 0.1) is 12.2 Å². The monoisotopic (exact) mass is 374 g/mol. The van der Waals surface area contributed by atoms with Crippen LogP contribution in [0.3, 0.4) is 0 Å². The highest BCUT2D eigenvalue weighted by atomic mass is 19.3. The largest absolute Gasteiger partial charge is 0.490 e. The molecule has 144 valence electrons. The number of urea groups is 1. The van der Waals surface area contributed by atoms with Gasteiger partial charge in [-0.1, -0.05) is 0 Å². The zero-order chi connectivity index (χ0) is 19.7. The second-order valence-corrected chi connectivity index (χ2v) is 5.23. The van der Waals surface area contributed by atoms with Crippen molar-refractivity contribution in [2.45, 2.75) is 33.4 Å². The molecule has 0 aromatic heterocycles. The predicted molar refractivity (Wildman–Crippen MR) is 86.3 cm³/mol. The van der Waals surface area contributed by atoms with Crippen molar-refractivity contribution in [3.8, 4) is 11.5 Å². The molecule has 0 unspecified atom stereocenters. The van der Waals surface area contributed by atoms with Crippen molar-refractivity contribution < 1.29 is 37.4 Å². The highest BCUT2D eigenvalue weighted by Crippen LogP contribution is 2.30. The molecule has 0 radical (unpaired) electrons. The van der Waals surface area contributed by atoms with Crippen LogP contribution < -0.4 is 20.1 Å². The smallest absolute Gasteiger partial charge is 0.387 e. The number of carbonyl (C=O) groups excluding carboxylic acids is 3. The zero-order valence-electron chi connectivity index (χ0n) is 14.5. The minimum atomic E-state index is -3.05. The lowest BCUT2D eigenvalue weighted by molar-refractivity contribution is -0.123. The lowest BCUT2D eigenvalue weighted by Crippen LogP contribution is -2.44. The standard InChI is InChI=1S/C16H20F2N2O6/c1-4-24-12-7-10(5-6-11(12)26-15(17)18)14(22)25-8-13(21)20-16(23)19-9(2)3/h5-7,9,15H,4,8H2,1-3H3,(H2,19,20,21,23). The van der Waals surface area contributed by atoms with E-state index in [0.29, 0.717) is 0 Å². The van der Waals surface area contributed by atoms with Crippen molar-refractivity contribution in [2.75, 3.05) is 13.2 Å². The van der Waals surface area contributed by atoms with Crippen molar-refractivity contribution >= 4 is 17.9 Å². The van der Waals surface area contributed by atoms with E-state index in [1.54, 1.807) is 20.8 Å². The van der Waals surface area contributed by atoms with E-state index < -0.39 is 31.1 Å². The minimum Gasteiger partial charge on any atom is -0.490 e. The van der Waals surface area contributed by atoms with Gasteiger partial charge in [-0.2, -0.15) is 8.78 Å². The Bertz CT molecular complexity index is 652. The number of halogens is 2. The molecular weight excluding hydrogens is 354 g/mol. The Morgan fingerprint density at radius 1 is 1.15 bits per heavy atom. The van der Waals surface area contributed by atoms with Crippen molar-refractivity contribution in [3.05, 3.63) is 23.8 Å². The van der Waals surface area contributed by atoms with E-state index in [9.17, 15) is 23.2 Å². The lowest BCUT2D eigenvalue weighted by Gasteiger charge is -2.12. The first-order chi connectivity index (χ1) is 12.2. The second kappa shape index (κ2) is 10.2. The van der Waals surface area contributed by atoms with Gasteiger partial charge in [-0.25, -0.2) is 9.59 Å².